The van der Waals surface area contributed by atoms with Crippen LogP contribution in [0.3, 0.4) is 0 Å². The van der Waals surface area contributed by atoms with Crippen LogP contribution in [0.2, 0.25) is 0 Å². The van der Waals surface area contributed by atoms with Crippen LogP contribution in [0.4, 0.5) is 0 Å². The monoisotopic (exact) mass is 243 g/mol. The van der Waals surface area contributed by atoms with Crippen LogP contribution in [0.25, 0.3) is 0 Å². The summed E-state index contributed by atoms with van der Waals surface area (Å²) in [5.41, 5.74) is -0.0472. The molecule has 100 valence electrons. The largest absolute Gasteiger partial charge is 0.375 e. The third-order valence-corrected chi connectivity index (χ3v) is 3.50. The van der Waals surface area contributed by atoms with Crippen LogP contribution >= 0.6 is 0 Å². The summed E-state index contributed by atoms with van der Waals surface area (Å²) in [6, 6.07) is -0.235. The molecule has 1 heterocycles. The SMILES string of the molecule is C[C@H]1OCCN[C@@H]1C(=O)NCC(C)(C)N(C)C. The molecule has 1 amide bonds. The van der Waals surface area contributed by atoms with Crippen molar-refractivity contribution in [2.75, 3.05) is 33.8 Å². The molecule has 1 aliphatic heterocycles. The Morgan fingerprint density at radius 2 is 2.18 bits per heavy atom. The Morgan fingerprint density at radius 3 is 2.71 bits per heavy atom. The Balaban J connectivity index is 2.44. The Labute approximate surface area is 104 Å². The number of hydrogen-bond acceptors (Lipinski definition) is 4. The fourth-order valence-corrected chi connectivity index (χ4v) is 1.60. The third kappa shape index (κ3) is 3.94. The zero-order valence-electron chi connectivity index (χ0n) is 11.5. The van der Waals surface area contributed by atoms with Gasteiger partial charge in [0, 0.05) is 18.6 Å². The highest BCUT2D eigenvalue weighted by Gasteiger charge is 2.29. The molecule has 0 aromatic carbocycles. The average molecular weight is 243 g/mol. The van der Waals surface area contributed by atoms with Crippen molar-refractivity contribution in [1.82, 2.24) is 15.5 Å². The third-order valence-electron chi connectivity index (χ3n) is 3.50. The summed E-state index contributed by atoms with van der Waals surface area (Å²) < 4.78 is 5.46. The van der Waals surface area contributed by atoms with Gasteiger partial charge >= 0.3 is 0 Å². The van der Waals surface area contributed by atoms with Crippen molar-refractivity contribution in [1.29, 1.82) is 0 Å². The van der Waals surface area contributed by atoms with Crippen molar-refractivity contribution in [2.45, 2.75) is 38.5 Å². The van der Waals surface area contributed by atoms with E-state index in [0.29, 0.717) is 13.2 Å². The molecule has 0 aromatic rings. The van der Waals surface area contributed by atoms with Gasteiger partial charge in [-0.3, -0.25) is 4.79 Å². The van der Waals surface area contributed by atoms with E-state index in [2.05, 4.69) is 29.4 Å². The zero-order valence-corrected chi connectivity index (χ0v) is 11.5. The van der Waals surface area contributed by atoms with Crippen molar-refractivity contribution in [3.8, 4) is 0 Å². The standard InChI is InChI=1S/C12H25N3O2/c1-9-10(13-6-7-17-9)11(16)14-8-12(2,3)15(4)5/h9-10,13H,6-8H2,1-5H3,(H,14,16)/t9-,10+/m1/s1. The van der Waals surface area contributed by atoms with Gasteiger partial charge in [-0.2, -0.15) is 0 Å². The molecule has 0 spiro atoms. The number of morpholine rings is 1. The number of hydrogen-bond donors (Lipinski definition) is 2. The topological polar surface area (TPSA) is 53.6 Å². The zero-order chi connectivity index (χ0) is 13.1. The average Bonchev–Trinajstić information content (AvgIpc) is 2.26. The van der Waals surface area contributed by atoms with Crippen molar-refractivity contribution >= 4 is 5.91 Å². The molecule has 1 aliphatic rings. The van der Waals surface area contributed by atoms with E-state index in [4.69, 9.17) is 4.74 Å². The molecule has 0 aromatic heterocycles. The van der Waals surface area contributed by atoms with E-state index < -0.39 is 0 Å². The second-order valence-corrected chi connectivity index (χ2v) is 5.43. The minimum absolute atomic E-state index is 0.0205. The van der Waals surface area contributed by atoms with Crippen LogP contribution in [0.15, 0.2) is 0 Å². The maximum Gasteiger partial charge on any atom is 0.239 e. The highest BCUT2D eigenvalue weighted by atomic mass is 16.5. The fraction of sp³-hybridized carbons (Fsp3) is 0.917. The molecule has 5 heteroatoms. The summed E-state index contributed by atoms with van der Waals surface area (Å²) in [4.78, 5) is 14.1. The van der Waals surface area contributed by atoms with Gasteiger partial charge < -0.3 is 20.3 Å². The summed E-state index contributed by atoms with van der Waals surface area (Å²) in [5.74, 6) is 0.0205. The number of carbonyl (C=O) groups is 1. The molecule has 1 fully saturated rings. The molecule has 17 heavy (non-hydrogen) atoms. The highest BCUT2D eigenvalue weighted by Crippen LogP contribution is 2.09. The van der Waals surface area contributed by atoms with Crippen LogP contribution in [-0.4, -0.2) is 62.3 Å². The van der Waals surface area contributed by atoms with Gasteiger partial charge in [0.15, 0.2) is 0 Å². The van der Waals surface area contributed by atoms with Gasteiger partial charge in [0.1, 0.15) is 6.04 Å². The normalized spacial score (nSPS) is 26.0. The minimum Gasteiger partial charge on any atom is -0.375 e. The molecule has 1 rings (SSSR count). The summed E-state index contributed by atoms with van der Waals surface area (Å²) in [5, 5.41) is 6.16. The van der Waals surface area contributed by atoms with Gasteiger partial charge in [0.25, 0.3) is 0 Å². The van der Waals surface area contributed by atoms with E-state index in [0.717, 1.165) is 6.54 Å². The van der Waals surface area contributed by atoms with E-state index in [1.54, 1.807) is 0 Å². The number of nitrogens with one attached hydrogen (secondary N) is 2. The number of likely N-dealkylation sites (N-methyl/N-ethyl adjacent to an activating group) is 1. The van der Waals surface area contributed by atoms with Crippen LogP contribution in [0.1, 0.15) is 20.8 Å². The van der Waals surface area contributed by atoms with Crippen LogP contribution < -0.4 is 10.6 Å². The van der Waals surface area contributed by atoms with Crippen molar-refractivity contribution in [2.24, 2.45) is 0 Å². The number of nitrogens with zero attached hydrogens (tertiary/aromatic N) is 1. The molecule has 0 unspecified atom stereocenters. The summed E-state index contributed by atoms with van der Waals surface area (Å²) in [7, 11) is 4.02. The van der Waals surface area contributed by atoms with Crippen molar-refractivity contribution < 1.29 is 9.53 Å². The first-order valence-electron chi connectivity index (χ1n) is 6.15. The van der Waals surface area contributed by atoms with Gasteiger partial charge in [0.2, 0.25) is 5.91 Å². The predicted octanol–water partition coefficient (Wildman–Crippen LogP) is -0.180. The Bertz CT molecular complexity index is 266. The quantitative estimate of drug-likeness (QED) is 0.719. The molecular weight excluding hydrogens is 218 g/mol. The van der Waals surface area contributed by atoms with Crippen LogP contribution in [0, 0.1) is 0 Å². The van der Waals surface area contributed by atoms with Gasteiger partial charge in [-0.05, 0) is 34.9 Å². The van der Waals surface area contributed by atoms with Crippen molar-refractivity contribution in [3.63, 3.8) is 0 Å². The Kier molecular flexibility index (Phi) is 4.91. The molecule has 1 saturated heterocycles. The summed E-state index contributed by atoms with van der Waals surface area (Å²) in [6.07, 6.45) is -0.0637. The van der Waals surface area contributed by atoms with E-state index in [9.17, 15) is 4.79 Å². The number of ether oxygens (including phenoxy) is 1. The highest BCUT2D eigenvalue weighted by molar-refractivity contribution is 5.82. The lowest BCUT2D eigenvalue weighted by molar-refractivity contribution is -0.129. The van der Waals surface area contributed by atoms with Crippen LogP contribution in [-0.2, 0) is 9.53 Å². The van der Waals surface area contributed by atoms with Gasteiger partial charge in [-0.1, -0.05) is 0 Å². The molecule has 0 aliphatic carbocycles. The Hall–Kier alpha value is -0.650. The predicted molar refractivity (Wildman–Crippen MR) is 68.0 cm³/mol. The number of amides is 1. The number of rotatable bonds is 4. The van der Waals surface area contributed by atoms with Gasteiger partial charge in [0.05, 0.1) is 12.7 Å². The fourth-order valence-electron chi connectivity index (χ4n) is 1.60. The van der Waals surface area contributed by atoms with E-state index in [-0.39, 0.29) is 23.6 Å². The lowest BCUT2D eigenvalue weighted by Gasteiger charge is -2.34. The molecule has 0 bridgehead atoms. The Morgan fingerprint density at radius 1 is 1.53 bits per heavy atom. The number of carbonyl (C=O) groups excluding carboxylic acids is 1. The summed E-state index contributed by atoms with van der Waals surface area (Å²) >= 11 is 0. The first kappa shape index (κ1) is 14.4. The van der Waals surface area contributed by atoms with Gasteiger partial charge in [-0.25, -0.2) is 0 Å². The molecule has 2 N–H and O–H groups in total. The van der Waals surface area contributed by atoms with E-state index in [1.807, 2.05) is 21.0 Å². The molecule has 0 radical (unpaired) electrons. The molecule has 2 atom stereocenters. The lowest BCUT2D eigenvalue weighted by Crippen LogP contribution is -2.58. The minimum atomic E-state index is -0.235. The second kappa shape index (κ2) is 5.80. The lowest BCUT2D eigenvalue weighted by atomic mass is 10.0. The molecular formula is C12H25N3O2. The van der Waals surface area contributed by atoms with Crippen LogP contribution in [0.5, 0.6) is 0 Å². The summed E-state index contributed by atoms with van der Waals surface area (Å²) in [6.45, 7) is 8.16. The smallest absolute Gasteiger partial charge is 0.239 e. The first-order valence-corrected chi connectivity index (χ1v) is 6.15. The molecule has 0 saturated carbocycles. The maximum absolute atomic E-state index is 12.0. The van der Waals surface area contributed by atoms with E-state index >= 15 is 0 Å². The van der Waals surface area contributed by atoms with Crippen molar-refractivity contribution in [3.05, 3.63) is 0 Å². The van der Waals surface area contributed by atoms with Gasteiger partial charge in [-0.15, -0.1) is 0 Å². The first-order chi connectivity index (χ1) is 7.84. The second-order valence-electron chi connectivity index (χ2n) is 5.43. The molecule has 5 nitrogen and oxygen atoms in total. The maximum atomic E-state index is 12.0. The van der Waals surface area contributed by atoms with E-state index in [1.165, 1.54) is 0 Å².